The molecule has 0 N–H and O–H groups in total. The molecule has 0 spiro atoms. The average molecular weight is 375 g/mol. The SMILES string of the molecule is CC(C)(C)C(=O)OC1CC[C@H]2C3CCC4CC(=O)CCC4(C)[C@H]3CCC12C. The van der Waals surface area contributed by atoms with Crippen LogP contribution in [0.2, 0.25) is 0 Å². The Hall–Kier alpha value is -0.860. The molecule has 0 aromatic rings. The number of carbonyl (C=O) groups is 2. The Morgan fingerprint density at radius 3 is 2.37 bits per heavy atom. The Balaban J connectivity index is 1.54. The lowest BCUT2D eigenvalue weighted by Gasteiger charge is -2.60. The molecule has 152 valence electrons. The molecule has 4 aliphatic rings. The van der Waals surface area contributed by atoms with E-state index in [2.05, 4.69) is 13.8 Å². The minimum absolute atomic E-state index is 0.0436. The number of ether oxygens (including phenoxy) is 1. The van der Waals surface area contributed by atoms with Crippen molar-refractivity contribution in [3.05, 3.63) is 0 Å². The number of Topliss-reactive ketones (excluding diaryl/α,β-unsaturated/α-hetero) is 1. The summed E-state index contributed by atoms with van der Waals surface area (Å²) in [6, 6.07) is 0. The molecule has 0 aliphatic heterocycles. The van der Waals surface area contributed by atoms with Crippen molar-refractivity contribution >= 4 is 11.8 Å². The molecule has 4 rings (SSSR count). The van der Waals surface area contributed by atoms with E-state index in [-0.39, 0.29) is 17.5 Å². The van der Waals surface area contributed by atoms with Gasteiger partial charge in [0.1, 0.15) is 11.9 Å². The van der Waals surface area contributed by atoms with E-state index in [9.17, 15) is 9.59 Å². The molecule has 0 aromatic carbocycles. The highest BCUT2D eigenvalue weighted by molar-refractivity contribution is 5.79. The van der Waals surface area contributed by atoms with Crippen molar-refractivity contribution < 1.29 is 14.3 Å². The summed E-state index contributed by atoms with van der Waals surface area (Å²) in [5.41, 5.74) is 0.0832. The second kappa shape index (κ2) is 6.32. The van der Waals surface area contributed by atoms with E-state index in [4.69, 9.17) is 4.74 Å². The van der Waals surface area contributed by atoms with Crippen LogP contribution in [0.1, 0.15) is 92.4 Å². The van der Waals surface area contributed by atoms with Crippen LogP contribution in [-0.2, 0) is 14.3 Å². The van der Waals surface area contributed by atoms with Crippen LogP contribution in [-0.4, -0.2) is 17.9 Å². The van der Waals surface area contributed by atoms with Gasteiger partial charge in [-0.3, -0.25) is 9.59 Å². The molecular formula is C24H38O3. The molecule has 0 saturated heterocycles. The number of rotatable bonds is 1. The first kappa shape index (κ1) is 19.5. The first-order chi connectivity index (χ1) is 12.6. The van der Waals surface area contributed by atoms with Crippen molar-refractivity contribution in [3.8, 4) is 0 Å². The van der Waals surface area contributed by atoms with Gasteiger partial charge in [0.2, 0.25) is 0 Å². The maximum Gasteiger partial charge on any atom is 0.311 e. The number of hydrogen-bond donors (Lipinski definition) is 0. The third-order valence-electron chi connectivity index (χ3n) is 9.26. The zero-order chi connectivity index (χ0) is 19.6. The van der Waals surface area contributed by atoms with Crippen molar-refractivity contribution in [2.45, 2.75) is 98.5 Å². The van der Waals surface area contributed by atoms with E-state index in [0.717, 1.165) is 37.5 Å². The Bertz CT molecular complexity index is 632. The highest BCUT2D eigenvalue weighted by atomic mass is 16.5. The summed E-state index contributed by atoms with van der Waals surface area (Å²) in [7, 11) is 0. The highest BCUT2D eigenvalue weighted by Gasteiger charge is 2.61. The summed E-state index contributed by atoms with van der Waals surface area (Å²) in [4.78, 5) is 24.6. The van der Waals surface area contributed by atoms with Gasteiger partial charge in [-0.05, 0) is 94.8 Å². The third-order valence-corrected chi connectivity index (χ3v) is 9.26. The number of ketones is 1. The van der Waals surface area contributed by atoms with Crippen LogP contribution >= 0.6 is 0 Å². The first-order valence-electron chi connectivity index (χ1n) is 11.3. The predicted octanol–water partition coefficient (Wildman–Crippen LogP) is 5.56. The van der Waals surface area contributed by atoms with Gasteiger partial charge in [0.25, 0.3) is 0 Å². The lowest BCUT2D eigenvalue weighted by Crippen LogP contribution is -2.54. The molecule has 4 saturated carbocycles. The number of fused-ring (bicyclic) bond motifs is 5. The molecule has 0 radical (unpaired) electrons. The Labute approximate surface area is 165 Å². The topological polar surface area (TPSA) is 43.4 Å². The zero-order valence-corrected chi connectivity index (χ0v) is 18.0. The molecule has 5 unspecified atom stereocenters. The summed E-state index contributed by atoms with van der Waals surface area (Å²) in [6.07, 6.45) is 9.99. The van der Waals surface area contributed by atoms with Crippen LogP contribution in [0.3, 0.4) is 0 Å². The fourth-order valence-electron chi connectivity index (χ4n) is 7.50. The van der Waals surface area contributed by atoms with E-state index in [1.165, 1.54) is 32.1 Å². The van der Waals surface area contributed by atoms with Crippen molar-refractivity contribution in [1.82, 2.24) is 0 Å². The van der Waals surface area contributed by atoms with Crippen LogP contribution < -0.4 is 0 Å². The van der Waals surface area contributed by atoms with E-state index < -0.39 is 5.41 Å². The van der Waals surface area contributed by atoms with Crippen molar-refractivity contribution in [1.29, 1.82) is 0 Å². The van der Waals surface area contributed by atoms with E-state index in [1.807, 2.05) is 20.8 Å². The van der Waals surface area contributed by atoms with Gasteiger partial charge in [-0.1, -0.05) is 13.8 Å². The van der Waals surface area contributed by atoms with Crippen molar-refractivity contribution in [2.24, 2.45) is 39.9 Å². The number of carbonyl (C=O) groups excluding carboxylic acids is 2. The van der Waals surface area contributed by atoms with Crippen molar-refractivity contribution in [2.75, 3.05) is 0 Å². The summed E-state index contributed by atoms with van der Waals surface area (Å²) in [5.74, 6) is 3.27. The molecular weight excluding hydrogens is 336 g/mol. The average Bonchev–Trinajstić information content (AvgIpc) is 2.91. The second-order valence-electron chi connectivity index (χ2n) is 11.7. The van der Waals surface area contributed by atoms with Gasteiger partial charge in [0.15, 0.2) is 0 Å². The maximum absolute atomic E-state index is 12.5. The second-order valence-corrected chi connectivity index (χ2v) is 11.7. The fourth-order valence-corrected chi connectivity index (χ4v) is 7.50. The number of esters is 1. The molecule has 7 atom stereocenters. The minimum Gasteiger partial charge on any atom is -0.461 e. The highest BCUT2D eigenvalue weighted by Crippen LogP contribution is 2.66. The molecule has 0 heterocycles. The fraction of sp³-hybridized carbons (Fsp3) is 0.917. The Kier molecular flexibility index (Phi) is 4.56. The summed E-state index contributed by atoms with van der Waals surface area (Å²) >= 11 is 0. The first-order valence-corrected chi connectivity index (χ1v) is 11.3. The quantitative estimate of drug-likeness (QED) is 0.565. The van der Waals surface area contributed by atoms with E-state index in [1.54, 1.807) is 0 Å². The van der Waals surface area contributed by atoms with Crippen LogP contribution in [0.4, 0.5) is 0 Å². The lowest BCUT2D eigenvalue weighted by molar-refractivity contribution is -0.172. The maximum atomic E-state index is 12.5. The molecule has 4 aliphatic carbocycles. The Morgan fingerprint density at radius 1 is 0.963 bits per heavy atom. The largest absolute Gasteiger partial charge is 0.461 e. The van der Waals surface area contributed by atoms with Crippen LogP contribution in [0.15, 0.2) is 0 Å². The van der Waals surface area contributed by atoms with Crippen molar-refractivity contribution in [3.63, 3.8) is 0 Å². The number of hydrogen-bond acceptors (Lipinski definition) is 3. The molecule has 27 heavy (non-hydrogen) atoms. The Morgan fingerprint density at radius 2 is 1.67 bits per heavy atom. The van der Waals surface area contributed by atoms with E-state index >= 15 is 0 Å². The minimum atomic E-state index is -0.425. The van der Waals surface area contributed by atoms with Gasteiger partial charge in [0.05, 0.1) is 5.41 Å². The smallest absolute Gasteiger partial charge is 0.311 e. The molecule has 3 heteroatoms. The van der Waals surface area contributed by atoms with Gasteiger partial charge >= 0.3 is 5.97 Å². The van der Waals surface area contributed by atoms with E-state index in [0.29, 0.717) is 23.0 Å². The molecule has 0 aromatic heterocycles. The molecule has 4 fully saturated rings. The zero-order valence-electron chi connectivity index (χ0n) is 18.0. The van der Waals surface area contributed by atoms with Gasteiger partial charge in [-0.25, -0.2) is 0 Å². The lowest BCUT2D eigenvalue weighted by atomic mass is 9.45. The van der Waals surface area contributed by atoms with Crippen LogP contribution in [0.5, 0.6) is 0 Å². The molecule has 0 bridgehead atoms. The summed E-state index contributed by atoms with van der Waals surface area (Å²) in [6.45, 7) is 10.8. The van der Waals surface area contributed by atoms with Gasteiger partial charge < -0.3 is 4.74 Å². The van der Waals surface area contributed by atoms with Gasteiger partial charge in [-0.15, -0.1) is 0 Å². The standard InChI is InChI=1S/C24H38O3/c1-22(2,3)21(26)27-20-9-8-18-17-7-6-15-14-16(25)10-12-23(15,4)19(17)11-13-24(18,20)5/h15,17-20H,6-14H2,1-5H3/t15?,17?,18-,19-,20?,23?,24?/m0/s1. The third kappa shape index (κ3) is 2.99. The van der Waals surface area contributed by atoms with Crippen LogP contribution in [0.25, 0.3) is 0 Å². The monoisotopic (exact) mass is 374 g/mol. The van der Waals surface area contributed by atoms with Gasteiger partial charge in [0, 0.05) is 18.3 Å². The van der Waals surface area contributed by atoms with Gasteiger partial charge in [-0.2, -0.15) is 0 Å². The summed E-state index contributed by atoms with van der Waals surface area (Å²) in [5, 5.41) is 0. The summed E-state index contributed by atoms with van der Waals surface area (Å²) < 4.78 is 6.09. The predicted molar refractivity (Wildman–Crippen MR) is 106 cm³/mol. The molecule has 0 amide bonds. The molecule has 3 nitrogen and oxygen atoms in total. The normalized spacial score (nSPS) is 47.0. The van der Waals surface area contributed by atoms with Crippen LogP contribution in [0, 0.1) is 39.9 Å².